The molecule has 6 nitrogen and oxygen atoms in total. The van der Waals surface area contributed by atoms with E-state index in [0.29, 0.717) is 26.2 Å². The number of carbonyl (C=O) groups excluding carboxylic acids is 1. The van der Waals surface area contributed by atoms with Gasteiger partial charge in [0, 0.05) is 44.0 Å². The standard InChI is InChI=1S/C13H14F3N5OS/c14-13(15,16)10-1-3-21(18-10)9-11(22)19-4-6-20(7-5-19)12-17-2-8-23-12/h1-3,8H,4-7,9H2. The van der Waals surface area contributed by atoms with Crippen molar-refractivity contribution in [2.45, 2.75) is 12.7 Å². The molecule has 0 N–H and O–H groups in total. The summed E-state index contributed by atoms with van der Waals surface area (Å²) in [5, 5.41) is 6.20. The zero-order chi connectivity index (χ0) is 16.4. The highest BCUT2D eigenvalue weighted by molar-refractivity contribution is 7.13. The van der Waals surface area contributed by atoms with Gasteiger partial charge < -0.3 is 9.80 Å². The van der Waals surface area contributed by atoms with Crippen LogP contribution in [0.3, 0.4) is 0 Å². The van der Waals surface area contributed by atoms with Crippen molar-refractivity contribution in [3.63, 3.8) is 0 Å². The lowest BCUT2D eigenvalue weighted by Gasteiger charge is -2.34. The average molecular weight is 345 g/mol. The predicted octanol–water partition coefficient (Wildman–Crippen LogP) is 1.71. The van der Waals surface area contributed by atoms with Gasteiger partial charge in [0.05, 0.1) is 0 Å². The Balaban J connectivity index is 1.54. The summed E-state index contributed by atoms with van der Waals surface area (Å²) < 4.78 is 38.5. The molecule has 0 aliphatic carbocycles. The van der Waals surface area contributed by atoms with Gasteiger partial charge in [-0.2, -0.15) is 18.3 Å². The molecule has 0 saturated carbocycles. The molecule has 0 bridgehead atoms. The van der Waals surface area contributed by atoms with Crippen LogP contribution >= 0.6 is 11.3 Å². The van der Waals surface area contributed by atoms with Crippen LogP contribution < -0.4 is 4.90 Å². The van der Waals surface area contributed by atoms with Gasteiger partial charge in [-0.3, -0.25) is 9.48 Å². The van der Waals surface area contributed by atoms with Crippen LogP contribution in [-0.2, 0) is 17.5 Å². The molecule has 1 aliphatic heterocycles. The number of hydrogen-bond donors (Lipinski definition) is 0. The van der Waals surface area contributed by atoms with Crippen molar-refractivity contribution in [2.75, 3.05) is 31.1 Å². The molecular weight excluding hydrogens is 331 g/mol. The molecule has 0 atom stereocenters. The minimum Gasteiger partial charge on any atom is -0.345 e. The van der Waals surface area contributed by atoms with Crippen molar-refractivity contribution < 1.29 is 18.0 Å². The second kappa shape index (κ2) is 6.19. The zero-order valence-electron chi connectivity index (χ0n) is 12.0. The van der Waals surface area contributed by atoms with Gasteiger partial charge in [0.1, 0.15) is 6.54 Å². The topological polar surface area (TPSA) is 54.3 Å². The van der Waals surface area contributed by atoms with Crippen LogP contribution in [-0.4, -0.2) is 51.8 Å². The molecule has 0 spiro atoms. The molecule has 1 fully saturated rings. The second-order valence-electron chi connectivity index (χ2n) is 5.08. The van der Waals surface area contributed by atoms with Crippen LogP contribution in [0.5, 0.6) is 0 Å². The van der Waals surface area contributed by atoms with E-state index in [-0.39, 0.29) is 12.5 Å². The Bertz CT molecular complexity index is 661. The molecule has 1 amide bonds. The highest BCUT2D eigenvalue weighted by Crippen LogP contribution is 2.27. The number of rotatable bonds is 3. The van der Waals surface area contributed by atoms with Crippen molar-refractivity contribution in [3.05, 3.63) is 29.5 Å². The maximum absolute atomic E-state index is 12.5. The molecule has 2 aromatic rings. The van der Waals surface area contributed by atoms with Crippen LogP contribution in [0.15, 0.2) is 23.8 Å². The number of halogens is 3. The van der Waals surface area contributed by atoms with E-state index in [0.717, 1.165) is 15.9 Å². The molecule has 0 radical (unpaired) electrons. The van der Waals surface area contributed by atoms with Gasteiger partial charge in [-0.25, -0.2) is 4.98 Å². The van der Waals surface area contributed by atoms with E-state index in [1.54, 1.807) is 11.1 Å². The maximum atomic E-state index is 12.5. The van der Waals surface area contributed by atoms with Gasteiger partial charge in [-0.1, -0.05) is 0 Å². The molecule has 1 aliphatic rings. The third-order valence-electron chi connectivity index (χ3n) is 3.55. The minimum absolute atomic E-state index is 0.187. The summed E-state index contributed by atoms with van der Waals surface area (Å²) in [6.45, 7) is 2.17. The summed E-state index contributed by atoms with van der Waals surface area (Å²) in [5.74, 6) is -0.236. The number of nitrogens with zero attached hydrogens (tertiary/aromatic N) is 5. The average Bonchev–Trinajstić information content (AvgIpc) is 3.18. The molecule has 0 unspecified atom stereocenters. The Morgan fingerprint density at radius 3 is 2.57 bits per heavy atom. The van der Waals surface area contributed by atoms with E-state index in [1.807, 2.05) is 5.38 Å². The Labute approximate surface area is 134 Å². The Morgan fingerprint density at radius 2 is 2.00 bits per heavy atom. The second-order valence-corrected chi connectivity index (χ2v) is 5.95. The Morgan fingerprint density at radius 1 is 1.26 bits per heavy atom. The smallest absolute Gasteiger partial charge is 0.345 e. The van der Waals surface area contributed by atoms with Gasteiger partial charge in [0.15, 0.2) is 10.8 Å². The molecule has 3 rings (SSSR count). The first-order chi connectivity index (χ1) is 10.9. The zero-order valence-corrected chi connectivity index (χ0v) is 12.8. The molecular formula is C13H14F3N5OS. The van der Waals surface area contributed by atoms with Gasteiger partial charge in [-0.05, 0) is 6.07 Å². The molecule has 23 heavy (non-hydrogen) atoms. The SMILES string of the molecule is O=C(Cn1ccc(C(F)(F)F)n1)N1CCN(c2nccs2)CC1. The van der Waals surface area contributed by atoms with Crippen LogP contribution in [0.2, 0.25) is 0 Å². The summed E-state index contributed by atoms with van der Waals surface area (Å²) in [5.41, 5.74) is -0.987. The molecule has 0 aromatic carbocycles. The number of piperazine rings is 1. The number of amides is 1. The minimum atomic E-state index is -4.49. The monoisotopic (exact) mass is 345 g/mol. The molecule has 3 heterocycles. The number of carbonyl (C=O) groups is 1. The number of alkyl halides is 3. The number of thiazole rings is 1. The van der Waals surface area contributed by atoms with E-state index in [2.05, 4.69) is 15.0 Å². The van der Waals surface area contributed by atoms with Gasteiger partial charge in [-0.15, -0.1) is 11.3 Å². The van der Waals surface area contributed by atoms with Crippen molar-refractivity contribution >= 4 is 22.4 Å². The van der Waals surface area contributed by atoms with E-state index < -0.39 is 11.9 Å². The Kier molecular flexibility index (Phi) is 4.24. The lowest BCUT2D eigenvalue weighted by molar-refractivity contribution is -0.142. The normalized spacial score (nSPS) is 16.0. The van der Waals surface area contributed by atoms with Crippen LogP contribution in [0.4, 0.5) is 18.3 Å². The summed E-state index contributed by atoms with van der Waals surface area (Å²) in [6.07, 6.45) is -1.59. The molecule has 10 heteroatoms. The predicted molar refractivity (Wildman–Crippen MR) is 78.1 cm³/mol. The number of anilines is 1. The first-order valence-electron chi connectivity index (χ1n) is 6.96. The number of aromatic nitrogens is 3. The van der Waals surface area contributed by atoms with E-state index in [1.165, 1.54) is 17.5 Å². The van der Waals surface area contributed by atoms with Crippen molar-refractivity contribution in [1.29, 1.82) is 0 Å². The van der Waals surface area contributed by atoms with Crippen molar-refractivity contribution in [2.24, 2.45) is 0 Å². The third kappa shape index (κ3) is 3.63. The fourth-order valence-electron chi connectivity index (χ4n) is 2.36. The summed E-state index contributed by atoms with van der Waals surface area (Å²) in [4.78, 5) is 20.1. The third-order valence-corrected chi connectivity index (χ3v) is 4.38. The lowest BCUT2D eigenvalue weighted by Crippen LogP contribution is -2.49. The Hall–Kier alpha value is -2.10. The molecule has 2 aromatic heterocycles. The van der Waals surface area contributed by atoms with E-state index >= 15 is 0 Å². The summed E-state index contributed by atoms with van der Waals surface area (Å²) in [7, 11) is 0. The van der Waals surface area contributed by atoms with Crippen LogP contribution in [0.1, 0.15) is 5.69 Å². The van der Waals surface area contributed by atoms with Gasteiger partial charge >= 0.3 is 6.18 Å². The molecule has 1 saturated heterocycles. The van der Waals surface area contributed by atoms with E-state index in [9.17, 15) is 18.0 Å². The van der Waals surface area contributed by atoms with Crippen molar-refractivity contribution in [3.8, 4) is 0 Å². The molecule has 124 valence electrons. The van der Waals surface area contributed by atoms with Crippen LogP contribution in [0, 0.1) is 0 Å². The summed E-state index contributed by atoms with van der Waals surface area (Å²) >= 11 is 1.54. The van der Waals surface area contributed by atoms with E-state index in [4.69, 9.17) is 0 Å². The van der Waals surface area contributed by atoms with Crippen molar-refractivity contribution in [1.82, 2.24) is 19.7 Å². The quantitative estimate of drug-likeness (QED) is 0.850. The lowest BCUT2D eigenvalue weighted by atomic mass is 10.3. The maximum Gasteiger partial charge on any atom is 0.435 e. The highest BCUT2D eigenvalue weighted by atomic mass is 32.1. The van der Waals surface area contributed by atoms with Gasteiger partial charge in [0.25, 0.3) is 0 Å². The largest absolute Gasteiger partial charge is 0.435 e. The first-order valence-corrected chi connectivity index (χ1v) is 7.84. The fourth-order valence-corrected chi connectivity index (χ4v) is 3.06. The van der Waals surface area contributed by atoms with Gasteiger partial charge in [0.2, 0.25) is 5.91 Å². The number of hydrogen-bond acceptors (Lipinski definition) is 5. The fraction of sp³-hybridized carbons (Fsp3) is 0.462. The summed E-state index contributed by atoms with van der Waals surface area (Å²) in [6, 6.07) is 0.869. The van der Waals surface area contributed by atoms with Crippen LogP contribution in [0.25, 0.3) is 0 Å². The first kappa shape index (κ1) is 15.8. The highest BCUT2D eigenvalue weighted by Gasteiger charge is 2.33.